The number of hydrogen-bond acceptors (Lipinski definition) is 3. The van der Waals surface area contributed by atoms with E-state index in [0.29, 0.717) is 10.6 Å². The fourth-order valence-corrected chi connectivity index (χ4v) is 2.53. The van der Waals surface area contributed by atoms with Crippen molar-refractivity contribution in [3.05, 3.63) is 70.8 Å². The fraction of sp³-hybridized carbons (Fsp3) is 0.278. The van der Waals surface area contributed by atoms with Gasteiger partial charge in [0, 0.05) is 10.6 Å². The molecule has 0 saturated heterocycles. The van der Waals surface area contributed by atoms with Gasteiger partial charge in [-0.15, -0.1) is 0 Å². The summed E-state index contributed by atoms with van der Waals surface area (Å²) in [7, 11) is 0. The first-order chi connectivity index (χ1) is 10.7. The molecule has 0 aliphatic carbocycles. The summed E-state index contributed by atoms with van der Waals surface area (Å²) < 4.78 is 6.07. The molecule has 0 aliphatic heterocycles. The van der Waals surface area contributed by atoms with E-state index in [-0.39, 0.29) is 12.2 Å². The Labute approximate surface area is 136 Å². The standard InChI is InChI=1S/C18H20ClO3/c1-2-6-18(22-14-7-4-3-5-8-14)16-11-13(19)9-10-15(16)17(21)12-20/h3-5,7-11,18,20-21H,2,6,12H2,1H3. The molecule has 3 nitrogen and oxygen atoms in total. The highest BCUT2D eigenvalue weighted by Gasteiger charge is 2.21. The van der Waals surface area contributed by atoms with Gasteiger partial charge in [-0.05, 0) is 36.2 Å². The number of para-hydroxylation sites is 1. The summed E-state index contributed by atoms with van der Waals surface area (Å²) in [5.41, 5.74) is 1.35. The molecular weight excluding hydrogens is 300 g/mol. The third kappa shape index (κ3) is 4.23. The largest absolute Gasteiger partial charge is 0.486 e. The van der Waals surface area contributed by atoms with Crippen molar-refractivity contribution in [2.75, 3.05) is 6.61 Å². The second-order valence-corrected chi connectivity index (χ2v) is 5.48. The average Bonchev–Trinajstić information content (AvgIpc) is 2.54. The van der Waals surface area contributed by atoms with Gasteiger partial charge in [0.15, 0.2) is 0 Å². The molecule has 2 aromatic carbocycles. The monoisotopic (exact) mass is 319 g/mol. The summed E-state index contributed by atoms with van der Waals surface area (Å²) in [4.78, 5) is 0. The predicted octanol–water partition coefficient (Wildman–Crippen LogP) is 4.51. The molecule has 0 heterocycles. The van der Waals surface area contributed by atoms with Gasteiger partial charge in [0.1, 0.15) is 18.0 Å². The molecule has 1 unspecified atom stereocenters. The Morgan fingerprint density at radius 1 is 1.18 bits per heavy atom. The van der Waals surface area contributed by atoms with Crippen LogP contribution in [-0.2, 0) is 0 Å². The van der Waals surface area contributed by atoms with Gasteiger partial charge in [-0.25, -0.2) is 0 Å². The lowest BCUT2D eigenvalue weighted by Gasteiger charge is -2.23. The van der Waals surface area contributed by atoms with Gasteiger partial charge in [0.25, 0.3) is 0 Å². The number of aliphatic hydroxyl groups excluding tert-OH is 2. The highest BCUT2D eigenvalue weighted by Crippen LogP contribution is 2.32. The van der Waals surface area contributed by atoms with Crippen LogP contribution in [0.25, 0.3) is 0 Å². The van der Waals surface area contributed by atoms with Crippen LogP contribution < -0.4 is 4.74 Å². The zero-order valence-electron chi connectivity index (χ0n) is 12.5. The van der Waals surface area contributed by atoms with Crippen LogP contribution in [-0.4, -0.2) is 16.8 Å². The van der Waals surface area contributed by atoms with Crippen molar-refractivity contribution in [1.82, 2.24) is 0 Å². The van der Waals surface area contributed by atoms with Crippen LogP contribution in [0.5, 0.6) is 5.75 Å². The van der Waals surface area contributed by atoms with E-state index < -0.39 is 6.61 Å². The molecule has 1 radical (unpaired) electrons. The normalized spacial score (nSPS) is 12.4. The average molecular weight is 320 g/mol. The third-order valence-corrected chi connectivity index (χ3v) is 3.63. The van der Waals surface area contributed by atoms with Gasteiger partial charge in [0.05, 0.1) is 6.61 Å². The molecule has 2 aromatic rings. The Hall–Kier alpha value is -1.55. The summed E-state index contributed by atoms with van der Waals surface area (Å²) in [6.07, 6.45) is 1.38. The Bertz CT molecular complexity index is 586. The first-order valence-corrected chi connectivity index (χ1v) is 7.70. The van der Waals surface area contributed by atoms with Crippen molar-refractivity contribution >= 4 is 11.6 Å². The van der Waals surface area contributed by atoms with E-state index >= 15 is 0 Å². The molecule has 0 saturated carbocycles. The summed E-state index contributed by atoms with van der Waals surface area (Å²) in [5.74, 6) is 0.760. The molecule has 0 fully saturated rings. The summed E-state index contributed by atoms with van der Waals surface area (Å²) in [6, 6.07) is 14.7. The van der Waals surface area contributed by atoms with Crippen LogP contribution in [0, 0.1) is 6.10 Å². The lowest BCUT2D eigenvalue weighted by Crippen LogP contribution is -2.14. The van der Waals surface area contributed by atoms with Gasteiger partial charge in [-0.1, -0.05) is 49.2 Å². The van der Waals surface area contributed by atoms with Crippen molar-refractivity contribution < 1.29 is 14.9 Å². The summed E-state index contributed by atoms with van der Waals surface area (Å²) in [6.45, 7) is 1.65. The van der Waals surface area contributed by atoms with E-state index in [1.807, 2.05) is 30.3 Å². The minimum absolute atomic E-state index is 0.0792. The number of hydrogen-bond donors (Lipinski definition) is 2. The first-order valence-electron chi connectivity index (χ1n) is 7.32. The molecule has 0 amide bonds. The maximum atomic E-state index is 9.95. The Kier molecular flexibility index (Phi) is 6.25. The number of benzene rings is 2. The topological polar surface area (TPSA) is 49.7 Å². The van der Waals surface area contributed by atoms with Crippen LogP contribution in [0.2, 0.25) is 5.02 Å². The maximum absolute atomic E-state index is 9.95. The van der Waals surface area contributed by atoms with Crippen LogP contribution in [0.1, 0.15) is 37.0 Å². The van der Waals surface area contributed by atoms with E-state index in [1.165, 1.54) is 0 Å². The van der Waals surface area contributed by atoms with Crippen LogP contribution in [0.4, 0.5) is 0 Å². The highest BCUT2D eigenvalue weighted by atomic mass is 35.5. The van der Waals surface area contributed by atoms with Gasteiger partial charge >= 0.3 is 0 Å². The zero-order valence-corrected chi connectivity index (χ0v) is 13.3. The molecule has 117 valence electrons. The molecule has 2 rings (SSSR count). The van der Waals surface area contributed by atoms with Gasteiger partial charge in [-0.3, -0.25) is 0 Å². The van der Waals surface area contributed by atoms with E-state index in [1.54, 1.807) is 18.2 Å². The summed E-state index contributed by atoms with van der Waals surface area (Å²) >= 11 is 6.10. The molecule has 22 heavy (non-hydrogen) atoms. The smallest absolute Gasteiger partial charge is 0.148 e. The lowest BCUT2D eigenvalue weighted by atomic mass is 9.96. The number of aliphatic hydroxyl groups is 2. The second kappa shape index (κ2) is 8.18. The van der Waals surface area contributed by atoms with Crippen LogP contribution in [0.15, 0.2) is 48.5 Å². The van der Waals surface area contributed by atoms with Crippen molar-refractivity contribution in [2.45, 2.75) is 25.9 Å². The molecule has 1 atom stereocenters. The highest BCUT2D eigenvalue weighted by molar-refractivity contribution is 6.30. The number of halogens is 1. The molecule has 0 spiro atoms. The van der Waals surface area contributed by atoms with Gasteiger partial charge in [-0.2, -0.15) is 0 Å². The second-order valence-electron chi connectivity index (χ2n) is 5.04. The van der Waals surface area contributed by atoms with Gasteiger partial charge in [0.2, 0.25) is 0 Å². The molecule has 0 bridgehead atoms. The van der Waals surface area contributed by atoms with Crippen molar-refractivity contribution in [2.24, 2.45) is 0 Å². The minimum atomic E-state index is -0.418. The van der Waals surface area contributed by atoms with E-state index in [4.69, 9.17) is 16.3 Å². The molecule has 0 aromatic heterocycles. The molecule has 4 heteroatoms. The molecular formula is C18H20ClO3. The van der Waals surface area contributed by atoms with Crippen molar-refractivity contribution in [3.63, 3.8) is 0 Å². The number of ether oxygens (including phenoxy) is 1. The third-order valence-electron chi connectivity index (χ3n) is 3.39. The Morgan fingerprint density at radius 3 is 2.55 bits per heavy atom. The fourth-order valence-electron chi connectivity index (χ4n) is 2.35. The molecule has 2 N–H and O–H groups in total. The SMILES string of the molecule is CCCC(Oc1ccccc1)c1cc(Cl)ccc1[C](O)CO. The predicted molar refractivity (Wildman–Crippen MR) is 87.5 cm³/mol. The Balaban J connectivity index is 2.36. The number of rotatable bonds is 7. The van der Waals surface area contributed by atoms with Gasteiger partial charge < -0.3 is 14.9 Å². The zero-order chi connectivity index (χ0) is 15.9. The van der Waals surface area contributed by atoms with Crippen LogP contribution in [0.3, 0.4) is 0 Å². The summed E-state index contributed by atoms with van der Waals surface area (Å²) in [5, 5.41) is 19.7. The van der Waals surface area contributed by atoms with Crippen LogP contribution >= 0.6 is 11.6 Å². The van der Waals surface area contributed by atoms with E-state index in [0.717, 1.165) is 24.2 Å². The Morgan fingerprint density at radius 2 is 1.91 bits per heavy atom. The van der Waals surface area contributed by atoms with Crippen molar-refractivity contribution in [3.8, 4) is 5.75 Å². The minimum Gasteiger partial charge on any atom is -0.486 e. The van der Waals surface area contributed by atoms with E-state index in [9.17, 15) is 10.2 Å². The quantitative estimate of drug-likeness (QED) is 0.789. The van der Waals surface area contributed by atoms with E-state index in [2.05, 4.69) is 6.92 Å². The maximum Gasteiger partial charge on any atom is 0.148 e. The lowest BCUT2D eigenvalue weighted by molar-refractivity contribution is 0.182. The molecule has 0 aliphatic rings. The first kappa shape index (κ1) is 16.8. The van der Waals surface area contributed by atoms with Crippen molar-refractivity contribution in [1.29, 1.82) is 0 Å².